The molecule has 0 spiro atoms. The SMILES string of the molecule is CC.Cc1cccc2c(=N)n(CCl)c(C)nc12. The van der Waals surface area contributed by atoms with E-state index in [-0.39, 0.29) is 6.00 Å². The molecule has 1 aromatic carbocycles. The molecular weight excluding hydrogens is 234 g/mol. The Hall–Kier alpha value is -1.35. The van der Waals surface area contributed by atoms with Gasteiger partial charge in [0.05, 0.1) is 5.52 Å². The summed E-state index contributed by atoms with van der Waals surface area (Å²) in [6.07, 6.45) is 0. The first-order valence-electron chi connectivity index (χ1n) is 5.72. The number of para-hydroxylation sites is 1. The summed E-state index contributed by atoms with van der Waals surface area (Å²) in [6.45, 7) is 7.87. The number of nitrogens with one attached hydrogen (secondary N) is 1. The Labute approximate surface area is 107 Å². The van der Waals surface area contributed by atoms with E-state index in [1.165, 1.54) is 0 Å². The van der Waals surface area contributed by atoms with Crippen molar-refractivity contribution in [3.05, 3.63) is 35.1 Å². The molecule has 0 fully saturated rings. The Bertz CT molecular complexity index is 573. The molecule has 1 heterocycles. The minimum absolute atomic E-state index is 0.265. The summed E-state index contributed by atoms with van der Waals surface area (Å²) in [5, 5.41) is 8.86. The van der Waals surface area contributed by atoms with Gasteiger partial charge in [-0.25, -0.2) is 4.98 Å². The van der Waals surface area contributed by atoms with Crippen molar-refractivity contribution in [3.63, 3.8) is 0 Å². The molecule has 0 aliphatic rings. The summed E-state index contributed by atoms with van der Waals surface area (Å²) in [6, 6.07) is 6.10. The lowest BCUT2D eigenvalue weighted by Crippen LogP contribution is -2.22. The maximum atomic E-state index is 8.02. The molecule has 3 nitrogen and oxygen atoms in total. The molecule has 4 heteroatoms. The summed E-state index contributed by atoms with van der Waals surface area (Å²) in [5.74, 6) is 0.775. The van der Waals surface area contributed by atoms with Crippen LogP contribution >= 0.6 is 11.6 Å². The van der Waals surface area contributed by atoms with E-state index in [9.17, 15) is 0 Å². The number of rotatable bonds is 1. The fraction of sp³-hybridized carbons (Fsp3) is 0.385. The molecule has 1 N–H and O–H groups in total. The van der Waals surface area contributed by atoms with Crippen LogP contribution in [-0.4, -0.2) is 9.55 Å². The van der Waals surface area contributed by atoms with E-state index in [0.717, 1.165) is 22.3 Å². The Morgan fingerprint density at radius 2 is 1.94 bits per heavy atom. The van der Waals surface area contributed by atoms with Crippen LogP contribution < -0.4 is 5.49 Å². The minimum atomic E-state index is 0.265. The highest BCUT2D eigenvalue weighted by atomic mass is 35.5. The van der Waals surface area contributed by atoms with Crippen molar-refractivity contribution in [2.75, 3.05) is 0 Å². The average Bonchev–Trinajstić information content (AvgIpc) is 2.34. The van der Waals surface area contributed by atoms with Gasteiger partial charge in [-0.3, -0.25) is 5.41 Å². The molecule has 17 heavy (non-hydrogen) atoms. The number of fused-ring (bicyclic) bond motifs is 1. The Balaban J connectivity index is 0.000000686. The second-order valence-corrected chi connectivity index (χ2v) is 3.77. The number of aromatic nitrogens is 2. The van der Waals surface area contributed by atoms with Crippen molar-refractivity contribution in [1.29, 1.82) is 5.41 Å². The van der Waals surface area contributed by atoms with Crippen molar-refractivity contribution < 1.29 is 0 Å². The van der Waals surface area contributed by atoms with Crippen molar-refractivity contribution in [1.82, 2.24) is 9.55 Å². The van der Waals surface area contributed by atoms with E-state index in [1.807, 2.05) is 45.9 Å². The molecular formula is C13H18ClN3. The van der Waals surface area contributed by atoms with E-state index < -0.39 is 0 Å². The molecule has 0 unspecified atom stereocenters. The third kappa shape index (κ3) is 2.50. The highest BCUT2D eigenvalue weighted by Crippen LogP contribution is 2.12. The largest absolute Gasteiger partial charge is 0.300 e. The summed E-state index contributed by atoms with van der Waals surface area (Å²) >= 11 is 5.78. The highest BCUT2D eigenvalue weighted by molar-refractivity contribution is 6.15. The topological polar surface area (TPSA) is 41.7 Å². The van der Waals surface area contributed by atoms with Crippen LogP contribution in [0.1, 0.15) is 25.2 Å². The van der Waals surface area contributed by atoms with Crippen LogP contribution in [0.25, 0.3) is 10.9 Å². The van der Waals surface area contributed by atoms with Crippen LogP contribution in [0.3, 0.4) is 0 Å². The molecule has 0 saturated heterocycles. The van der Waals surface area contributed by atoms with E-state index in [2.05, 4.69) is 4.98 Å². The molecule has 0 saturated carbocycles. The molecule has 0 aliphatic heterocycles. The van der Waals surface area contributed by atoms with Gasteiger partial charge in [0.2, 0.25) is 0 Å². The van der Waals surface area contributed by atoms with Gasteiger partial charge < -0.3 is 4.57 Å². The van der Waals surface area contributed by atoms with Gasteiger partial charge in [-0.2, -0.15) is 0 Å². The van der Waals surface area contributed by atoms with Crippen LogP contribution in [0.2, 0.25) is 0 Å². The minimum Gasteiger partial charge on any atom is -0.300 e. The normalized spacial score (nSPS) is 9.94. The molecule has 92 valence electrons. The lowest BCUT2D eigenvalue weighted by Gasteiger charge is -2.10. The van der Waals surface area contributed by atoms with Crippen LogP contribution in [0.15, 0.2) is 18.2 Å². The number of alkyl halides is 1. The Morgan fingerprint density at radius 3 is 2.53 bits per heavy atom. The van der Waals surface area contributed by atoms with Crippen LogP contribution in [0, 0.1) is 19.3 Å². The summed E-state index contributed by atoms with van der Waals surface area (Å²) in [4.78, 5) is 4.47. The number of nitrogens with zero attached hydrogens (tertiary/aromatic N) is 2. The number of benzene rings is 1. The first kappa shape index (κ1) is 13.7. The van der Waals surface area contributed by atoms with Crippen molar-refractivity contribution in [3.8, 4) is 0 Å². The second-order valence-electron chi connectivity index (χ2n) is 3.53. The molecule has 2 aromatic rings. The summed E-state index contributed by atoms with van der Waals surface area (Å²) in [5.41, 5.74) is 2.41. The highest BCUT2D eigenvalue weighted by Gasteiger charge is 2.05. The van der Waals surface area contributed by atoms with Gasteiger partial charge in [0.1, 0.15) is 17.3 Å². The third-order valence-electron chi connectivity index (χ3n) is 2.55. The van der Waals surface area contributed by atoms with Crippen molar-refractivity contribution >= 4 is 22.5 Å². The lowest BCUT2D eigenvalue weighted by atomic mass is 10.1. The van der Waals surface area contributed by atoms with Gasteiger partial charge in [-0.15, -0.1) is 11.6 Å². The number of halogens is 1. The lowest BCUT2D eigenvalue weighted by molar-refractivity contribution is 0.742. The van der Waals surface area contributed by atoms with Crippen molar-refractivity contribution in [2.24, 2.45) is 0 Å². The standard InChI is InChI=1S/C11H12ClN3.C2H6/c1-7-4-3-5-9-10(7)14-8(2)15(6-12)11(9)13;1-2/h3-5,13H,6H2,1-2H3;1-2H3. The van der Waals surface area contributed by atoms with Gasteiger partial charge in [0.25, 0.3) is 0 Å². The third-order valence-corrected chi connectivity index (χ3v) is 2.79. The van der Waals surface area contributed by atoms with E-state index in [0.29, 0.717) is 5.49 Å². The smallest absolute Gasteiger partial charge is 0.136 e. The number of hydrogen-bond donors (Lipinski definition) is 1. The van der Waals surface area contributed by atoms with E-state index in [1.54, 1.807) is 4.57 Å². The first-order chi connectivity index (χ1) is 8.15. The monoisotopic (exact) mass is 251 g/mol. The van der Waals surface area contributed by atoms with Gasteiger partial charge in [0, 0.05) is 5.39 Å². The van der Waals surface area contributed by atoms with Gasteiger partial charge in [0.15, 0.2) is 0 Å². The van der Waals surface area contributed by atoms with Crippen LogP contribution in [0.4, 0.5) is 0 Å². The molecule has 0 bridgehead atoms. The van der Waals surface area contributed by atoms with E-state index in [4.69, 9.17) is 17.0 Å². The quantitative estimate of drug-likeness (QED) is 0.776. The fourth-order valence-electron chi connectivity index (χ4n) is 1.67. The van der Waals surface area contributed by atoms with Gasteiger partial charge in [-0.05, 0) is 25.5 Å². The fourth-order valence-corrected chi connectivity index (χ4v) is 1.97. The molecule has 0 atom stereocenters. The van der Waals surface area contributed by atoms with Crippen LogP contribution in [0.5, 0.6) is 0 Å². The first-order valence-corrected chi connectivity index (χ1v) is 6.26. The molecule has 0 radical (unpaired) electrons. The second kappa shape index (κ2) is 5.82. The Kier molecular flexibility index (Phi) is 4.70. The number of hydrogen-bond acceptors (Lipinski definition) is 2. The average molecular weight is 252 g/mol. The Morgan fingerprint density at radius 1 is 1.29 bits per heavy atom. The summed E-state index contributed by atoms with van der Waals surface area (Å²) in [7, 11) is 0. The predicted molar refractivity (Wildman–Crippen MR) is 72.3 cm³/mol. The number of aryl methyl sites for hydroxylation is 2. The van der Waals surface area contributed by atoms with Gasteiger partial charge >= 0.3 is 0 Å². The van der Waals surface area contributed by atoms with Crippen molar-refractivity contribution in [2.45, 2.75) is 33.7 Å². The zero-order valence-corrected chi connectivity index (χ0v) is 11.5. The maximum absolute atomic E-state index is 8.02. The zero-order chi connectivity index (χ0) is 13.0. The molecule has 0 aliphatic carbocycles. The van der Waals surface area contributed by atoms with Crippen LogP contribution in [-0.2, 0) is 6.00 Å². The summed E-state index contributed by atoms with van der Waals surface area (Å²) < 4.78 is 1.68. The molecule has 2 rings (SSSR count). The maximum Gasteiger partial charge on any atom is 0.136 e. The molecule has 0 amide bonds. The van der Waals surface area contributed by atoms with Gasteiger partial charge in [-0.1, -0.05) is 26.0 Å². The van der Waals surface area contributed by atoms with E-state index >= 15 is 0 Å². The zero-order valence-electron chi connectivity index (χ0n) is 10.7. The molecule has 1 aromatic heterocycles. The predicted octanol–water partition coefficient (Wildman–Crippen LogP) is 3.36.